The van der Waals surface area contributed by atoms with Crippen LogP contribution in [0.25, 0.3) is 0 Å². The molecule has 4 nitrogen and oxygen atoms in total. The predicted molar refractivity (Wildman–Crippen MR) is 61.6 cm³/mol. The first kappa shape index (κ1) is 9.66. The molecule has 2 bridgehead atoms. The smallest absolute Gasteiger partial charge is 0.240 e. The molecule has 2 aliphatic heterocycles. The fraction of sp³-hybridized carbons (Fsp3) is 0.417. The SMILES string of the molecule is Nc1cccc(CN2C(=O)C3CC2CN3)c1. The fourth-order valence-corrected chi connectivity index (χ4v) is 2.62. The molecule has 2 saturated heterocycles. The molecule has 0 spiro atoms. The van der Waals surface area contributed by atoms with Crippen molar-refractivity contribution in [2.75, 3.05) is 12.3 Å². The van der Waals surface area contributed by atoms with Crippen LogP contribution in [0, 0.1) is 0 Å². The number of likely N-dealkylation sites (tertiary alicyclic amines) is 1. The minimum absolute atomic E-state index is 0.0612. The molecular weight excluding hydrogens is 202 g/mol. The third-order valence-corrected chi connectivity index (χ3v) is 3.43. The van der Waals surface area contributed by atoms with E-state index in [9.17, 15) is 4.79 Å². The molecule has 84 valence electrons. The van der Waals surface area contributed by atoms with Gasteiger partial charge < -0.3 is 16.0 Å². The van der Waals surface area contributed by atoms with Gasteiger partial charge in [-0.1, -0.05) is 12.1 Å². The van der Waals surface area contributed by atoms with Crippen LogP contribution in [-0.2, 0) is 11.3 Å². The second-order valence-corrected chi connectivity index (χ2v) is 4.56. The van der Waals surface area contributed by atoms with E-state index in [1.54, 1.807) is 0 Å². The van der Waals surface area contributed by atoms with Crippen molar-refractivity contribution in [2.45, 2.75) is 25.0 Å². The van der Waals surface area contributed by atoms with Gasteiger partial charge in [-0.2, -0.15) is 0 Å². The van der Waals surface area contributed by atoms with Crippen molar-refractivity contribution in [2.24, 2.45) is 0 Å². The summed E-state index contributed by atoms with van der Waals surface area (Å²) < 4.78 is 0. The summed E-state index contributed by atoms with van der Waals surface area (Å²) in [5.74, 6) is 0.235. The summed E-state index contributed by atoms with van der Waals surface area (Å²) in [5.41, 5.74) is 7.60. The summed E-state index contributed by atoms with van der Waals surface area (Å²) in [7, 11) is 0. The van der Waals surface area contributed by atoms with Crippen molar-refractivity contribution in [3.05, 3.63) is 29.8 Å². The maximum Gasteiger partial charge on any atom is 0.240 e. The molecule has 2 unspecified atom stereocenters. The standard InChI is InChI=1S/C12H15N3O/c13-9-3-1-2-8(4-9)7-15-10-5-11(12(15)16)14-6-10/h1-4,10-11,14H,5-7,13H2. The van der Waals surface area contributed by atoms with Gasteiger partial charge in [-0.3, -0.25) is 4.79 Å². The van der Waals surface area contributed by atoms with Crippen LogP contribution in [0.5, 0.6) is 0 Å². The highest BCUT2D eigenvalue weighted by atomic mass is 16.2. The van der Waals surface area contributed by atoms with Crippen molar-refractivity contribution in [3.8, 4) is 0 Å². The highest BCUT2D eigenvalue weighted by molar-refractivity contribution is 5.85. The topological polar surface area (TPSA) is 58.4 Å². The van der Waals surface area contributed by atoms with Gasteiger partial charge in [0.1, 0.15) is 0 Å². The van der Waals surface area contributed by atoms with Crippen LogP contribution >= 0.6 is 0 Å². The van der Waals surface area contributed by atoms with E-state index in [1.165, 1.54) is 0 Å². The molecule has 1 aromatic carbocycles. The van der Waals surface area contributed by atoms with E-state index in [0.29, 0.717) is 12.6 Å². The summed E-state index contributed by atoms with van der Waals surface area (Å²) in [5, 5.41) is 3.22. The van der Waals surface area contributed by atoms with Crippen LogP contribution in [0.4, 0.5) is 5.69 Å². The van der Waals surface area contributed by atoms with Crippen molar-refractivity contribution in [3.63, 3.8) is 0 Å². The lowest BCUT2D eigenvalue weighted by molar-refractivity contribution is -0.132. The minimum Gasteiger partial charge on any atom is -0.399 e. The molecule has 2 fully saturated rings. The van der Waals surface area contributed by atoms with Crippen LogP contribution in [0.2, 0.25) is 0 Å². The Morgan fingerprint density at radius 1 is 1.50 bits per heavy atom. The zero-order valence-corrected chi connectivity index (χ0v) is 9.02. The number of rotatable bonds is 2. The van der Waals surface area contributed by atoms with E-state index < -0.39 is 0 Å². The van der Waals surface area contributed by atoms with Gasteiger partial charge in [0.15, 0.2) is 0 Å². The Labute approximate surface area is 94.4 Å². The van der Waals surface area contributed by atoms with Gasteiger partial charge >= 0.3 is 0 Å². The summed E-state index contributed by atoms with van der Waals surface area (Å²) in [6.07, 6.45) is 0.959. The number of benzene rings is 1. The molecule has 1 amide bonds. The number of hydrogen-bond acceptors (Lipinski definition) is 3. The van der Waals surface area contributed by atoms with Gasteiger partial charge in [-0.25, -0.2) is 0 Å². The molecule has 0 saturated carbocycles. The second-order valence-electron chi connectivity index (χ2n) is 4.56. The molecule has 4 heteroatoms. The predicted octanol–water partition coefficient (Wildman–Crippen LogP) is 0.341. The molecule has 1 aromatic rings. The maximum atomic E-state index is 11.9. The lowest BCUT2D eigenvalue weighted by Gasteiger charge is -2.27. The molecule has 16 heavy (non-hydrogen) atoms. The van der Waals surface area contributed by atoms with E-state index in [2.05, 4.69) is 5.32 Å². The van der Waals surface area contributed by atoms with Crippen LogP contribution < -0.4 is 11.1 Å². The highest BCUT2D eigenvalue weighted by Gasteiger charge is 2.44. The van der Waals surface area contributed by atoms with Crippen LogP contribution in [-0.4, -0.2) is 29.4 Å². The van der Waals surface area contributed by atoms with E-state index in [-0.39, 0.29) is 11.9 Å². The molecule has 0 aliphatic carbocycles. The molecule has 0 radical (unpaired) electrons. The van der Waals surface area contributed by atoms with Crippen LogP contribution in [0.15, 0.2) is 24.3 Å². The average Bonchev–Trinajstić information content (AvgIpc) is 2.82. The highest BCUT2D eigenvalue weighted by Crippen LogP contribution is 2.26. The van der Waals surface area contributed by atoms with Crippen molar-refractivity contribution < 1.29 is 4.79 Å². The number of carbonyl (C=O) groups excluding carboxylic acids is 1. The number of nitrogens with one attached hydrogen (secondary N) is 1. The molecule has 3 N–H and O–H groups in total. The third kappa shape index (κ3) is 1.46. The van der Waals surface area contributed by atoms with Crippen LogP contribution in [0.1, 0.15) is 12.0 Å². The zero-order chi connectivity index (χ0) is 11.1. The minimum atomic E-state index is 0.0612. The van der Waals surface area contributed by atoms with Crippen LogP contribution in [0.3, 0.4) is 0 Å². The number of hydrogen-bond donors (Lipinski definition) is 2. The number of amides is 1. The van der Waals surface area contributed by atoms with Gasteiger partial charge in [0.05, 0.1) is 6.04 Å². The first-order chi connectivity index (χ1) is 7.74. The summed E-state index contributed by atoms with van der Waals surface area (Å²) >= 11 is 0. The Kier molecular flexibility index (Phi) is 2.11. The summed E-state index contributed by atoms with van der Waals surface area (Å²) in [6, 6.07) is 8.19. The third-order valence-electron chi connectivity index (χ3n) is 3.43. The molecule has 3 rings (SSSR count). The summed E-state index contributed by atoms with van der Waals surface area (Å²) in [6.45, 7) is 1.62. The fourth-order valence-electron chi connectivity index (χ4n) is 2.62. The van der Waals surface area contributed by atoms with Crippen molar-refractivity contribution >= 4 is 11.6 Å². The van der Waals surface area contributed by atoms with Gasteiger partial charge in [-0.05, 0) is 24.1 Å². The number of fused-ring (bicyclic) bond motifs is 2. The maximum absolute atomic E-state index is 11.9. The van der Waals surface area contributed by atoms with Gasteiger partial charge in [0.2, 0.25) is 5.91 Å². The van der Waals surface area contributed by atoms with E-state index in [1.807, 2.05) is 29.2 Å². The Balaban J connectivity index is 1.78. The number of nitrogens with two attached hydrogens (primary N) is 1. The van der Waals surface area contributed by atoms with Gasteiger partial charge in [-0.15, -0.1) is 0 Å². The Bertz CT molecular complexity index is 432. The Morgan fingerprint density at radius 3 is 3.06 bits per heavy atom. The lowest BCUT2D eigenvalue weighted by atomic mass is 10.1. The summed E-state index contributed by atoms with van der Waals surface area (Å²) in [4.78, 5) is 13.9. The average molecular weight is 217 g/mol. The van der Waals surface area contributed by atoms with Crippen molar-refractivity contribution in [1.29, 1.82) is 0 Å². The molecule has 0 aromatic heterocycles. The number of anilines is 1. The van der Waals surface area contributed by atoms with Crippen molar-refractivity contribution in [1.82, 2.24) is 10.2 Å². The van der Waals surface area contributed by atoms with E-state index in [4.69, 9.17) is 5.73 Å². The quantitative estimate of drug-likeness (QED) is 0.702. The number of nitrogen functional groups attached to an aromatic ring is 1. The molecule has 2 aliphatic rings. The monoisotopic (exact) mass is 217 g/mol. The van der Waals surface area contributed by atoms with E-state index in [0.717, 1.165) is 24.2 Å². The first-order valence-electron chi connectivity index (χ1n) is 5.62. The first-order valence-corrected chi connectivity index (χ1v) is 5.62. The zero-order valence-electron chi connectivity index (χ0n) is 9.02. The van der Waals surface area contributed by atoms with Gasteiger partial charge in [0.25, 0.3) is 0 Å². The molecular formula is C12H15N3O. The largest absolute Gasteiger partial charge is 0.399 e. The van der Waals surface area contributed by atoms with E-state index >= 15 is 0 Å². The lowest BCUT2D eigenvalue weighted by Crippen LogP contribution is -2.47. The Hall–Kier alpha value is -1.55. The van der Waals surface area contributed by atoms with Gasteiger partial charge in [0, 0.05) is 24.8 Å². The molecule has 2 atom stereocenters. The number of carbonyl (C=O) groups is 1. The number of piperazine rings is 1. The second kappa shape index (κ2) is 3.49. The Morgan fingerprint density at radius 2 is 2.38 bits per heavy atom. The normalized spacial score (nSPS) is 27.8. The number of nitrogens with zero attached hydrogens (tertiary/aromatic N) is 1. The molecule has 2 heterocycles.